The monoisotopic (exact) mass is 681 g/mol. The molecule has 11 nitrogen and oxygen atoms in total. The number of hydrogen-bond acceptors (Lipinski definition) is 8. The molecule has 3 aromatic rings. The number of aliphatic hydroxyl groups excluding tert-OH is 1. The molecule has 260 valence electrons. The van der Waals surface area contributed by atoms with Crippen LogP contribution in [0.2, 0.25) is 0 Å². The molecule has 1 fully saturated rings. The van der Waals surface area contributed by atoms with Crippen molar-refractivity contribution in [3.63, 3.8) is 0 Å². The van der Waals surface area contributed by atoms with E-state index in [1.807, 2.05) is 51.1 Å². The maximum Gasteiger partial charge on any atom is 0.415 e. The second-order valence-corrected chi connectivity index (χ2v) is 15.1. The first-order valence-corrected chi connectivity index (χ1v) is 17.6. The molecule has 0 spiro atoms. The average Bonchev–Trinajstić information content (AvgIpc) is 3.45. The molecule has 1 saturated heterocycles. The van der Waals surface area contributed by atoms with E-state index < -0.39 is 40.3 Å². The van der Waals surface area contributed by atoms with E-state index in [4.69, 9.17) is 9.47 Å². The normalized spacial score (nSPS) is 16.6. The van der Waals surface area contributed by atoms with Crippen molar-refractivity contribution in [3.8, 4) is 11.5 Å². The molecule has 4 rings (SSSR count). The molecule has 0 unspecified atom stereocenters. The van der Waals surface area contributed by atoms with Crippen LogP contribution in [0.4, 0.5) is 10.5 Å². The van der Waals surface area contributed by atoms with Crippen LogP contribution < -0.4 is 15.0 Å². The van der Waals surface area contributed by atoms with Crippen LogP contribution in [0.3, 0.4) is 0 Å². The number of anilines is 1. The molecule has 12 heteroatoms. The number of benzene rings is 3. The van der Waals surface area contributed by atoms with Gasteiger partial charge in [-0.05, 0) is 71.7 Å². The van der Waals surface area contributed by atoms with Crippen LogP contribution in [-0.4, -0.2) is 79.9 Å². The highest BCUT2D eigenvalue weighted by Crippen LogP contribution is 2.36. The lowest BCUT2D eigenvalue weighted by Crippen LogP contribution is -2.53. The lowest BCUT2D eigenvalue weighted by atomic mass is 9.82. The minimum Gasteiger partial charge on any atom is -0.506 e. The minimum atomic E-state index is -4.03. The number of ether oxygens (including phenoxy) is 2. The Hall–Kier alpha value is -4.13. The standard InChI is InChI=1S/C36H47N3O8S/c1-7-36(4,5)26-13-18-31(40)30(20-26)39-23-33(47-35(39)43)34(42)37-29(19-25-11-9-8-10-12-25)32(41)22-38(21-24(2)3)48(44,45)28-16-14-27(46-6)15-17-28/h8-18,20,24,29,32-33,40-41H,7,19,21-23H2,1-6H3,(H,37,42)/t29-,32+,33-/m0/s1. The van der Waals surface area contributed by atoms with Crippen molar-refractivity contribution >= 4 is 27.7 Å². The topological polar surface area (TPSA) is 146 Å². The van der Waals surface area contributed by atoms with Gasteiger partial charge in [-0.3, -0.25) is 9.69 Å². The number of amides is 2. The molecule has 0 saturated carbocycles. The van der Waals surface area contributed by atoms with Gasteiger partial charge >= 0.3 is 6.09 Å². The molecular formula is C36H47N3O8S. The number of cyclic esters (lactones) is 1. The molecule has 1 aliphatic rings. The molecule has 0 bridgehead atoms. The zero-order chi connectivity index (χ0) is 35.2. The lowest BCUT2D eigenvalue weighted by Gasteiger charge is -2.31. The molecular weight excluding hydrogens is 634 g/mol. The number of phenols is 1. The van der Waals surface area contributed by atoms with Gasteiger partial charge in [0.1, 0.15) is 11.5 Å². The van der Waals surface area contributed by atoms with Crippen molar-refractivity contribution in [2.45, 2.75) is 76.0 Å². The Kier molecular flexibility index (Phi) is 11.8. The molecule has 48 heavy (non-hydrogen) atoms. The summed E-state index contributed by atoms with van der Waals surface area (Å²) in [6.07, 6.45) is -2.34. The van der Waals surface area contributed by atoms with E-state index in [2.05, 4.69) is 19.2 Å². The predicted octanol–water partition coefficient (Wildman–Crippen LogP) is 4.85. The predicted molar refractivity (Wildman–Crippen MR) is 184 cm³/mol. The first-order valence-electron chi connectivity index (χ1n) is 16.1. The third kappa shape index (κ3) is 8.66. The van der Waals surface area contributed by atoms with Crippen LogP contribution in [0.1, 0.15) is 52.2 Å². The van der Waals surface area contributed by atoms with Crippen LogP contribution in [0.15, 0.2) is 77.7 Å². The zero-order valence-electron chi connectivity index (χ0n) is 28.4. The summed E-state index contributed by atoms with van der Waals surface area (Å²) in [7, 11) is -2.54. The van der Waals surface area contributed by atoms with Crippen molar-refractivity contribution in [3.05, 3.63) is 83.9 Å². The van der Waals surface area contributed by atoms with Crippen LogP contribution in [0.25, 0.3) is 0 Å². The lowest BCUT2D eigenvalue weighted by molar-refractivity contribution is -0.129. The van der Waals surface area contributed by atoms with E-state index >= 15 is 0 Å². The zero-order valence-corrected chi connectivity index (χ0v) is 29.2. The highest BCUT2D eigenvalue weighted by Gasteiger charge is 2.40. The highest BCUT2D eigenvalue weighted by molar-refractivity contribution is 7.89. The number of hydrogen-bond donors (Lipinski definition) is 3. The number of aliphatic hydroxyl groups is 1. The van der Waals surface area contributed by atoms with Gasteiger partial charge in [-0.2, -0.15) is 4.31 Å². The number of carbonyl (C=O) groups is 2. The fourth-order valence-corrected chi connectivity index (χ4v) is 7.12. The van der Waals surface area contributed by atoms with E-state index in [1.165, 1.54) is 34.5 Å². The number of sulfonamides is 1. The number of aromatic hydroxyl groups is 1. The van der Waals surface area contributed by atoms with Gasteiger partial charge in [0.2, 0.25) is 10.0 Å². The number of phenolic OH excluding ortho intramolecular Hbond substituents is 1. The summed E-state index contributed by atoms with van der Waals surface area (Å²) in [6.45, 7) is 9.60. The first kappa shape index (κ1) is 36.7. The molecule has 2 amide bonds. The molecule has 0 radical (unpaired) electrons. The van der Waals surface area contributed by atoms with Gasteiger partial charge in [0, 0.05) is 13.1 Å². The van der Waals surface area contributed by atoms with Crippen molar-refractivity contribution in [2.75, 3.05) is 31.6 Å². The molecule has 0 aliphatic carbocycles. The van der Waals surface area contributed by atoms with Crippen LogP contribution in [0, 0.1) is 5.92 Å². The van der Waals surface area contributed by atoms with Gasteiger partial charge in [0.05, 0.1) is 36.4 Å². The minimum absolute atomic E-state index is 0.0485. The Bertz CT molecular complexity index is 1660. The molecule has 1 aliphatic heterocycles. The van der Waals surface area contributed by atoms with E-state index in [-0.39, 0.29) is 53.7 Å². The summed E-state index contributed by atoms with van der Waals surface area (Å²) in [5.41, 5.74) is 1.75. The van der Waals surface area contributed by atoms with Crippen molar-refractivity contribution < 1.29 is 37.7 Å². The van der Waals surface area contributed by atoms with Crippen LogP contribution >= 0.6 is 0 Å². The van der Waals surface area contributed by atoms with Gasteiger partial charge in [-0.1, -0.05) is 71.0 Å². The molecule has 3 atom stereocenters. The van der Waals surface area contributed by atoms with Crippen LogP contribution in [-0.2, 0) is 31.4 Å². The fraction of sp³-hybridized carbons (Fsp3) is 0.444. The van der Waals surface area contributed by atoms with E-state index in [1.54, 1.807) is 24.3 Å². The third-order valence-corrected chi connectivity index (χ3v) is 10.6. The number of nitrogens with one attached hydrogen (secondary N) is 1. The summed E-state index contributed by atoms with van der Waals surface area (Å²) in [6, 6.07) is 19.3. The van der Waals surface area contributed by atoms with Crippen molar-refractivity contribution in [2.24, 2.45) is 5.92 Å². The number of rotatable bonds is 15. The number of nitrogens with zero attached hydrogens (tertiary/aromatic N) is 2. The van der Waals surface area contributed by atoms with E-state index in [0.29, 0.717) is 5.75 Å². The third-order valence-electron chi connectivity index (χ3n) is 8.78. The summed E-state index contributed by atoms with van der Waals surface area (Å²) in [5.74, 6) is -0.323. The van der Waals surface area contributed by atoms with E-state index in [0.717, 1.165) is 17.5 Å². The smallest absolute Gasteiger partial charge is 0.415 e. The Morgan fingerprint density at radius 2 is 1.75 bits per heavy atom. The largest absolute Gasteiger partial charge is 0.506 e. The Morgan fingerprint density at radius 3 is 2.35 bits per heavy atom. The Labute approximate surface area is 283 Å². The van der Waals surface area contributed by atoms with Crippen molar-refractivity contribution in [1.29, 1.82) is 0 Å². The SMILES string of the molecule is CCC(C)(C)c1ccc(O)c(N2C[C@@H](C(=O)N[C@@H](Cc3ccccc3)[C@H](O)CN(CC(C)C)S(=O)(=O)c3ccc(OC)cc3)OC2=O)c1. The second-order valence-electron chi connectivity index (χ2n) is 13.2. The van der Waals surface area contributed by atoms with Gasteiger partial charge in [0.15, 0.2) is 6.10 Å². The number of carbonyl (C=O) groups excluding carboxylic acids is 2. The van der Waals surface area contributed by atoms with Crippen molar-refractivity contribution in [1.82, 2.24) is 9.62 Å². The van der Waals surface area contributed by atoms with Crippen LogP contribution in [0.5, 0.6) is 11.5 Å². The summed E-state index contributed by atoms with van der Waals surface area (Å²) >= 11 is 0. The number of methoxy groups -OCH3 is 1. The summed E-state index contributed by atoms with van der Waals surface area (Å²) in [4.78, 5) is 27.9. The highest BCUT2D eigenvalue weighted by atomic mass is 32.2. The molecule has 3 N–H and O–H groups in total. The Morgan fingerprint density at radius 1 is 1.08 bits per heavy atom. The maximum absolute atomic E-state index is 13.8. The fourth-order valence-electron chi connectivity index (χ4n) is 5.50. The van der Waals surface area contributed by atoms with Gasteiger partial charge in [-0.15, -0.1) is 0 Å². The first-order chi connectivity index (χ1) is 22.7. The second kappa shape index (κ2) is 15.4. The molecule has 1 heterocycles. The summed E-state index contributed by atoms with van der Waals surface area (Å²) < 4.78 is 39.4. The molecule has 0 aromatic heterocycles. The average molecular weight is 682 g/mol. The quantitative estimate of drug-likeness (QED) is 0.207. The van der Waals surface area contributed by atoms with E-state index in [9.17, 15) is 28.2 Å². The summed E-state index contributed by atoms with van der Waals surface area (Å²) in [5, 5.41) is 25.1. The van der Waals surface area contributed by atoms with Gasteiger partial charge < -0.3 is 25.0 Å². The molecule has 3 aromatic carbocycles. The maximum atomic E-state index is 13.8. The Balaban J connectivity index is 1.57. The van der Waals surface area contributed by atoms with Gasteiger partial charge in [0.25, 0.3) is 5.91 Å². The van der Waals surface area contributed by atoms with Gasteiger partial charge in [-0.25, -0.2) is 13.2 Å².